The Morgan fingerprint density at radius 2 is 2.13 bits per heavy atom. The molecule has 3 rings (SSSR count). The Balaban J connectivity index is 1.63. The molecule has 0 aliphatic heterocycles. The molecule has 0 atom stereocenters. The highest BCUT2D eigenvalue weighted by Crippen LogP contribution is 2.29. The average Bonchev–Trinajstić information content (AvgIpc) is 3.22. The number of nitrogens with zero attached hydrogens (tertiary/aromatic N) is 2. The minimum absolute atomic E-state index is 0.133. The van der Waals surface area contributed by atoms with Crippen molar-refractivity contribution >= 4 is 5.91 Å². The lowest BCUT2D eigenvalue weighted by atomic mass is 10.2. The van der Waals surface area contributed by atoms with Crippen LogP contribution in [0.1, 0.15) is 39.0 Å². The summed E-state index contributed by atoms with van der Waals surface area (Å²) in [4.78, 5) is 18.5. The first-order valence-electron chi connectivity index (χ1n) is 8.07. The molecule has 23 heavy (non-hydrogen) atoms. The first kappa shape index (κ1) is 15.7. The molecule has 122 valence electrons. The summed E-state index contributed by atoms with van der Waals surface area (Å²) >= 11 is 0. The minimum atomic E-state index is -0.342. The molecule has 0 spiro atoms. The van der Waals surface area contributed by atoms with Gasteiger partial charge in [-0.05, 0) is 38.8 Å². The molecular formula is C18H21FN2O2. The van der Waals surface area contributed by atoms with Gasteiger partial charge in [0, 0.05) is 24.9 Å². The number of carbonyl (C=O) groups is 1. The van der Waals surface area contributed by atoms with Crippen LogP contribution < -0.4 is 0 Å². The van der Waals surface area contributed by atoms with Gasteiger partial charge >= 0.3 is 0 Å². The predicted molar refractivity (Wildman–Crippen MR) is 85.2 cm³/mol. The molecule has 5 heteroatoms. The summed E-state index contributed by atoms with van der Waals surface area (Å²) in [6.07, 6.45) is 4.51. The van der Waals surface area contributed by atoms with E-state index >= 15 is 0 Å². The molecule has 2 aromatic rings. The number of aromatic nitrogens is 1. The number of halogens is 1. The second-order valence-corrected chi connectivity index (χ2v) is 6.22. The summed E-state index contributed by atoms with van der Waals surface area (Å²) in [5.41, 5.74) is 0.388. The van der Waals surface area contributed by atoms with Crippen LogP contribution in [0.5, 0.6) is 0 Å². The van der Waals surface area contributed by atoms with Gasteiger partial charge in [-0.3, -0.25) is 4.79 Å². The molecule has 4 nitrogen and oxygen atoms in total. The van der Waals surface area contributed by atoms with Gasteiger partial charge in [0.1, 0.15) is 5.82 Å². The van der Waals surface area contributed by atoms with Crippen LogP contribution in [0.15, 0.2) is 34.9 Å². The fourth-order valence-corrected chi connectivity index (χ4v) is 2.82. The highest BCUT2D eigenvalue weighted by atomic mass is 19.1. The Morgan fingerprint density at radius 3 is 2.78 bits per heavy atom. The highest BCUT2D eigenvalue weighted by Gasteiger charge is 2.33. The van der Waals surface area contributed by atoms with Crippen LogP contribution in [-0.4, -0.2) is 27.9 Å². The van der Waals surface area contributed by atoms with Crippen LogP contribution in [0.25, 0.3) is 11.3 Å². The van der Waals surface area contributed by atoms with Crippen LogP contribution in [0.3, 0.4) is 0 Å². The van der Waals surface area contributed by atoms with Crippen molar-refractivity contribution in [3.05, 3.63) is 42.2 Å². The number of aryl methyl sites for hydroxylation is 1. The number of hydrogen-bond acceptors (Lipinski definition) is 3. The topological polar surface area (TPSA) is 46.3 Å². The van der Waals surface area contributed by atoms with Gasteiger partial charge in [-0.1, -0.05) is 12.1 Å². The summed E-state index contributed by atoms with van der Waals surface area (Å²) in [5.74, 6) is 0.656. The maximum absolute atomic E-state index is 13.7. The molecule has 1 aromatic carbocycles. The van der Waals surface area contributed by atoms with E-state index in [4.69, 9.17) is 4.42 Å². The van der Waals surface area contributed by atoms with Gasteiger partial charge in [-0.2, -0.15) is 0 Å². The fraction of sp³-hybridized carbons (Fsp3) is 0.444. The zero-order chi connectivity index (χ0) is 16.4. The smallest absolute Gasteiger partial charge is 0.223 e. The Morgan fingerprint density at radius 1 is 1.39 bits per heavy atom. The SMILES string of the molecule is CC(C)N(C(=O)CCc1ncc(-c2ccccc2F)o1)C1CC1. The molecule has 1 aliphatic carbocycles. The highest BCUT2D eigenvalue weighted by molar-refractivity contribution is 5.77. The zero-order valence-electron chi connectivity index (χ0n) is 13.5. The van der Waals surface area contributed by atoms with Gasteiger partial charge in [0.25, 0.3) is 0 Å². The van der Waals surface area contributed by atoms with E-state index in [9.17, 15) is 9.18 Å². The average molecular weight is 316 g/mol. The quantitative estimate of drug-likeness (QED) is 0.814. The number of oxazole rings is 1. The molecule has 1 fully saturated rings. The lowest BCUT2D eigenvalue weighted by molar-refractivity contribution is -0.133. The van der Waals surface area contributed by atoms with Crippen LogP contribution >= 0.6 is 0 Å². The summed E-state index contributed by atoms with van der Waals surface area (Å²) in [6.45, 7) is 4.08. The second kappa shape index (κ2) is 6.52. The van der Waals surface area contributed by atoms with Crippen molar-refractivity contribution in [1.82, 2.24) is 9.88 Å². The van der Waals surface area contributed by atoms with E-state index in [1.54, 1.807) is 18.2 Å². The van der Waals surface area contributed by atoms with E-state index in [1.165, 1.54) is 12.3 Å². The van der Waals surface area contributed by atoms with Crippen molar-refractivity contribution in [2.24, 2.45) is 0 Å². The molecule has 0 saturated heterocycles. The maximum atomic E-state index is 13.7. The predicted octanol–water partition coefficient (Wildman–Crippen LogP) is 3.81. The molecular weight excluding hydrogens is 295 g/mol. The van der Waals surface area contributed by atoms with E-state index in [1.807, 2.05) is 18.7 Å². The molecule has 0 N–H and O–H groups in total. The summed E-state index contributed by atoms with van der Waals surface area (Å²) < 4.78 is 19.3. The number of rotatable bonds is 6. The molecule has 1 aromatic heterocycles. The minimum Gasteiger partial charge on any atom is -0.441 e. The van der Waals surface area contributed by atoms with E-state index in [-0.39, 0.29) is 17.8 Å². The molecule has 1 saturated carbocycles. The van der Waals surface area contributed by atoms with Gasteiger partial charge in [-0.25, -0.2) is 9.37 Å². The molecule has 0 radical (unpaired) electrons. The summed E-state index contributed by atoms with van der Waals surface area (Å²) in [7, 11) is 0. The van der Waals surface area contributed by atoms with Crippen LogP contribution in [0, 0.1) is 5.82 Å². The monoisotopic (exact) mass is 316 g/mol. The molecule has 0 unspecified atom stereocenters. The number of benzene rings is 1. The summed E-state index contributed by atoms with van der Waals surface area (Å²) in [6, 6.07) is 7.04. The van der Waals surface area contributed by atoms with Crippen molar-refractivity contribution in [3.63, 3.8) is 0 Å². The van der Waals surface area contributed by atoms with E-state index in [2.05, 4.69) is 4.98 Å². The Bertz CT molecular complexity index is 690. The molecule has 1 aliphatic rings. The van der Waals surface area contributed by atoms with Crippen molar-refractivity contribution in [3.8, 4) is 11.3 Å². The number of amides is 1. The lowest BCUT2D eigenvalue weighted by Crippen LogP contribution is -2.38. The first-order valence-corrected chi connectivity index (χ1v) is 8.07. The Labute approximate surface area is 135 Å². The van der Waals surface area contributed by atoms with Gasteiger partial charge in [-0.15, -0.1) is 0 Å². The van der Waals surface area contributed by atoms with Crippen molar-refractivity contribution in [2.45, 2.75) is 51.6 Å². The van der Waals surface area contributed by atoms with Gasteiger partial charge < -0.3 is 9.32 Å². The van der Waals surface area contributed by atoms with Crippen molar-refractivity contribution in [1.29, 1.82) is 0 Å². The number of hydrogen-bond donors (Lipinski definition) is 0. The van der Waals surface area contributed by atoms with Crippen molar-refractivity contribution in [2.75, 3.05) is 0 Å². The zero-order valence-corrected chi connectivity index (χ0v) is 13.5. The maximum Gasteiger partial charge on any atom is 0.223 e. The fourth-order valence-electron chi connectivity index (χ4n) is 2.82. The second-order valence-electron chi connectivity index (χ2n) is 6.22. The van der Waals surface area contributed by atoms with Gasteiger partial charge in [0.05, 0.1) is 11.8 Å². The van der Waals surface area contributed by atoms with Crippen molar-refractivity contribution < 1.29 is 13.6 Å². The normalized spacial score (nSPS) is 14.3. The van der Waals surface area contributed by atoms with Gasteiger partial charge in [0.15, 0.2) is 11.7 Å². The Hall–Kier alpha value is -2.17. The van der Waals surface area contributed by atoms with E-state index in [0.29, 0.717) is 36.1 Å². The third kappa shape index (κ3) is 3.60. The van der Waals surface area contributed by atoms with Crippen LogP contribution in [0.2, 0.25) is 0 Å². The van der Waals surface area contributed by atoms with Gasteiger partial charge in [0.2, 0.25) is 5.91 Å². The first-order chi connectivity index (χ1) is 11.1. The standard InChI is InChI=1S/C18H21FN2O2/c1-12(2)21(13-7-8-13)18(22)10-9-17-20-11-16(23-17)14-5-3-4-6-15(14)19/h3-6,11-13H,7-10H2,1-2H3. The van der Waals surface area contributed by atoms with E-state index in [0.717, 1.165) is 12.8 Å². The molecule has 1 amide bonds. The molecule has 1 heterocycles. The molecule has 0 bridgehead atoms. The largest absolute Gasteiger partial charge is 0.441 e. The lowest BCUT2D eigenvalue weighted by Gasteiger charge is -2.26. The van der Waals surface area contributed by atoms with Crippen LogP contribution in [-0.2, 0) is 11.2 Å². The van der Waals surface area contributed by atoms with E-state index < -0.39 is 0 Å². The Kier molecular flexibility index (Phi) is 4.46. The van der Waals surface area contributed by atoms with Crippen LogP contribution in [0.4, 0.5) is 4.39 Å². The summed E-state index contributed by atoms with van der Waals surface area (Å²) in [5, 5.41) is 0. The number of carbonyl (C=O) groups excluding carboxylic acids is 1. The third-order valence-corrected chi connectivity index (χ3v) is 4.03. The third-order valence-electron chi connectivity index (χ3n) is 4.03.